The molecule has 0 spiro atoms. The van der Waals surface area contributed by atoms with Gasteiger partial charge in [-0.25, -0.2) is 4.79 Å². The number of benzene rings is 1. The summed E-state index contributed by atoms with van der Waals surface area (Å²) in [5.74, 6) is 0.641. The van der Waals surface area contributed by atoms with E-state index in [0.717, 1.165) is 0 Å². The van der Waals surface area contributed by atoms with Crippen LogP contribution in [0.5, 0.6) is 11.5 Å². The second-order valence-corrected chi connectivity index (χ2v) is 5.65. The standard InChI is InChI=1S/C20H13NO5/c1-12-16(26-20(23)13-6-8-21-9-7-13)5-4-15-18(22)17(25-19(12)15)11-14-3-2-10-24-14/h2-11H,1H3/b17-11-. The van der Waals surface area contributed by atoms with Gasteiger partial charge in [0, 0.05) is 24.0 Å². The van der Waals surface area contributed by atoms with Crippen molar-refractivity contribution in [3.63, 3.8) is 0 Å². The molecule has 4 rings (SSSR count). The van der Waals surface area contributed by atoms with Crippen LogP contribution >= 0.6 is 0 Å². The zero-order valence-corrected chi connectivity index (χ0v) is 13.8. The van der Waals surface area contributed by atoms with E-state index in [1.807, 2.05) is 0 Å². The van der Waals surface area contributed by atoms with Crippen LogP contribution in [-0.2, 0) is 0 Å². The van der Waals surface area contributed by atoms with Gasteiger partial charge in [-0.1, -0.05) is 0 Å². The third-order valence-electron chi connectivity index (χ3n) is 3.97. The molecule has 1 aliphatic rings. The number of hydrogen-bond donors (Lipinski definition) is 0. The Morgan fingerprint density at radius 1 is 1.15 bits per heavy atom. The number of hydrogen-bond acceptors (Lipinski definition) is 6. The summed E-state index contributed by atoms with van der Waals surface area (Å²) in [6.45, 7) is 1.73. The molecule has 3 aromatic rings. The molecule has 0 fully saturated rings. The van der Waals surface area contributed by atoms with E-state index in [9.17, 15) is 9.59 Å². The number of esters is 1. The Kier molecular flexibility index (Phi) is 3.85. The number of nitrogens with zero attached hydrogens (tertiary/aromatic N) is 1. The number of rotatable bonds is 3. The highest BCUT2D eigenvalue weighted by Gasteiger charge is 2.30. The van der Waals surface area contributed by atoms with E-state index < -0.39 is 5.97 Å². The Bertz CT molecular complexity index is 1020. The fraction of sp³-hybridized carbons (Fsp3) is 0.0500. The van der Waals surface area contributed by atoms with Gasteiger partial charge in [-0.05, 0) is 43.3 Å². The molecule has 6 nitrogen and oxygen atoms in total. The van der Waals surface area contributed by atoms with Crippen LogP contribution in [0.25, 0.3) is 6.08 Å². The van der Waals surface area contributed by atoms with Crippen LogP contribution in [0.2, 0.25) is 0 Å². The fourth-order valence-electron chi connectivity index (χ4n) is 2.63. The van der Waals surface area contributed by atoms with Crippen molar-refractivity contribution in [2.45, 2.75) is 6.92 Å². The predicted octanol–water partition coefficient (Wildman–Crippen LogP) is 3.82. The molecule has 6 heteroatoms. The maximum absolute atomic E-state index is 12.5. The average Bonchev–Trinajstić information content (AvgIpc) is 3.28. The van der Waals surface area contributed by atoms with E-state index in [2.05, 4.69) is 4.98 Å². The quantitative estimate of drug-likeness (QED) is 0.407. The zero-order valence-electron chi connectivity index (χ0n) is 13.8. The van der Waals surface area contributed by atoms with Gasteiger partial charge < -0.3 is 13.9 Å². The lowest BCUT2D eigenvalue weighted by Crippen LogP contribution is -2.09. The summed E-state index contributed by atoms with van der Waals surface area (Å²) in [7, 11) is 0. The SMILES string of the molecule is Cc1c(OC(=O)c2ccncc2)ccc2c1O/C(=C\c1ccco1)C2=O. The number of pyridine rings is 1. The van der Waals surface area contributed by atoms with E-state index in [1.54, 1.807) is 43.3 Å². The molecule has 1 aliphatic heterocycles. The first-order valence-corrected chi connectivity index (χ1v) is 7.87. The fourth-order valence-corrected chi connectivity index (χ4v) is 2.63. The van der Waals surface area contributed by atoms with Crippen molar-refractivity contribution >= 4 is 17.8 Å². The Morgan fingerprint density at radius 3 is 2.69 bits per heavy atom. The second kappa shape index (κ2) is 6.33. The zero-order chi connectivity index (χ0) is 18.1. The van der Waals surface area contributed by atoms with Crippen molar-refractivity contribution in [2.24, 2.45) is 0 Å². The molecule has 128 valence electrons. The minimum absolute atomic E-state index is 0.163. The van der Waals surface area contributed by atoms with Crippen molar-refractivity contribution in [1.29, 1.82) is 0 Å². The number of ketones is 1. The molecule has 0 N–H and O–H groups in total. The van der Waals surface area contributed by atoms with Crippen LogP contribution in [0.15, 0.2) is 65.2 Å². The minimum atomic E-state index is -0.508. The number of aromatic nitrogens is 1. The molecule has 0 unspecified atom stereocenters. The monoisotopic (exact) mass is 347 g/mol. The van der Waals surface area contributed by atoms with E-state index in [1.165, 1.54) is 24.7 Å². The number of furan rings is 1. The molecule has 3 heterocycles. The molecule has 0 atom stereocenters. The summed E-state index contributed by atoms with van der Waals surface area (Å²) in [5.41, 5.74) is 1.38. The summed E-state index contributed by atoms with van der Waals surface area (Å²) < 4.78 is 16.4. The maximum atomic E-state index is 12.5. The number of allylic oxidation sites excluding steroid dienone is 1. The highest BCUT2D eigenvalue weighted by Crippen LogP contribution is 2.39. The Labute approximate surface area is 148 Å². The molecular weight excluding hydrogens is 334 g/mol. The summed E-state index contributed by atoms with van der Waals surface area (Å²) in [6, 6.07) is 9.75. The Morgan fingerprint density at radius 2 is 1.96 bits per heavy atom. The molecule has 1 aromatic carbocycles. The van der Waals surface area contributed by atoms with Crippen LogP contribution < -0.4 is 9.47 Å². The number of carbonyl (C=O) groups excluding carboxylic acids is 2. The molecular formula is C20H13NO5. The van der Waals surface area contributed by atoms with E-state index in [-0.39, 0.29) is 11.5 Å². The lowest BCUT2D eigenvalue weighted by Gasteiger charge is -2.10. The number of Topliss-reactive ketones (excluding diaryl/α,β-unsaturated/α-hetero) is 1. The molecule has 0 saturated carbocycles. The van der Waals surface area contributed by atoms with Gasteiger partial charge in [-0.15, -0.1) is 0 Å². The van der Waals surface area contributed by atoms with E-state index >= 15 is 0 Å². The Hall–Kier alpha value is -3.67. The van der Waals surface area contributed by atoms with Crippen molar-refractivity contribution in [3.8, 4) is 11.5 Å². The number of fused-ring (bicyclic) bond motifs is 1. The number of carbonyl (C=O) groups is 2. The third-order valence-corrected chi connectivity index (χ3v) is 3.97. The van der Waals surface area contributed by atoms with Gasteiger partial charge in [-0.2, -0.15) is 0 Å². The topological polar surface area (TPSA) is 78.6 Å². The average molecular weight is 347 g/mol. The summed E-state index contributed by atoms with van der Waals surface area (Å²) in [6.07, 6.45) is 6.07. The molecule has 0 saturated heterocycles. The normalized spacial score (nSPS) is 14.2. The summed E-state index contributed by atoms with van der Waals surface area (Å²) >= 11 is 0. The lowest BCUT2D eigenvalue weighted by molar-refractivity contribution is 0.0733. The largest absolute Gasteiger partial charge is 0.465 e. The van der Waals surface area contributed by atoms with Gasteiger partial charge in [0.1, 0.15) is 17.3 Å². The van der Waals surface area contributed by atoms with Gasteiger partial charge in [0.05, 0.1) is 17.4 Å². The van der Waals surface area contributed by atoms with Crippen molar-refractivity contribution < 1.29 is 23.5 Å². The lowest BCUT2D eigenvalue weighted by atomic mass is 10.1. The van der Waals surface area contributed by atoms with Crippen LogP contribution in [0.4, 0.5) is 0 Å². The number of ether oxygens (including phenoxy) is 2. The molecule has 0 amide bonds. The summed E-state index contributed by atoms with van der Waals surface area (Å²) in [4.78, 5) is 28.6. The van der Waals surface area contributed by atoms with Crippen LogP contribution in [0.3, 0.4) is 0 Å². The second-order valence-electron chi connectivity index (χ2n) is 5.65. The van der Waals surface area contributed by atoms with Crippen molar-refractivity contribution in [1.82, 2.24) is 4.98 Å². The molecule has 0 bridgehead atoms. The van der Waals surface area contributed by atoms with Gasteiger partial charge in [0.15, 0.2) is 5.76 Å². The van der Waals surface area contributed by atoms with Gasteiger partial charge >= 0.3 is 5.97 Å². The van der Waals surface area contributed by atoms with Crippen LogP contribution in [0, 0.1) is 6.92 Å². The van der Waals surface area contributed by atoms with Crippen LogP contribution in [-0.4, -0.2) is 16.7 Å². The van der Waals surface area contributed by atoms with Gasteiger partial charge in [0.25, 0.3) is 0 Å². The highest BCUT2D eigenvalue weighted by atomic mass is 16.5. The highest BCUT2D eigenvalue weighted by molar-refractivity contribution is 6.14. The summed E-state index contributed by atoms with van der Waals surface area (Å²) in [5, 5.41) is 0. The van der Waals surface area contributed by atoms with Gasteiger partial charge in [-0.3, -0.25) is 9.78 Å². The first-order valence-electron chi connectivity index (χ1n) is 7.87. The van der Waals surface area contributed by atoms with Crippen molar-refractivity contribution in [3.05, 3.63) is 83.3 Å². The molecule has 2 aromatic heterocycles. The first kappa shape index (κ1) is 15.8. The maximum Gasteiger partial charge on any atom is 0.343 e. The first-order chi connectivity index (χ1) is 12.6. The molecule has 26 heavy (non-hydrogen) atoms. The molecule has 0 radical (unpaired) electrons. The smallest absolute Gasteiger partial charge is 0.343 e. The third kappa shape index (κ3) is 2.77. The Balaban J connectivity index is 1.63. The van der Waals surface area contributed by atoms with Crippen molar-refractivity contribution in [2.75, 3.05) is 0 Å². The van der Waals surface area contributed by atoms with Crippen LogP contribution in [0.1, 0.15) is 32.0 Å². The minimum Gasteiger partial charge on any atom is -0.465 e. The van der Waals surface area contributed by atoms with E-state index in [4.69, 9.17) is 13.9 Å². The molecule has 0 aliphatic carbocycles. The van der Waals surface area contributed by atoms with E-state index in [0.29, 0.717) is 33.9 Å². The predicted molar refractivity (Wildman–Crippen MR) is 92.0 cm³/mol. The van der Waals surface area contributed by atoms with Gasteiger partial charge in [0.2, 0.25) is 5.78 Å².